The summed E-state index contributed by atoms with van der Waals surface area (Å²) in [7, 11) is 0. The Bertz CT molecular complexity index is 580. The van der Waals surface area contributed by atoms with E-state index in [4.69, 9.17) is 28.9 Å². The molecule has 0 radical (unpaired) electrons. The van der Waals surface area contributed by atoms with Crippen LogP contribution in [0.15, 0.2) is 30.3 Å². The Morgan fingerprint density at radius 2 is 1.56 bits per heavy atom. The quantitative estimate of drug-likeness (QED) is 0.793. The fraction of sp³-hybridized carbons (Fsp3) is 0. The molecular weight excluding hydrogens is 281 g/mol. The van der Waals surface area contributed by atoms with Gasteiger partial charge in [-0.1, -0.05) is 23.2 Å². The fourth-order valence-corrected chi connectivity index (χ4v) is 2.03. The van der Waals surface area contributed by atoms with Crippen LogP contribution in [0, 0.1) is 11.6 Å². The molecule has 0 heterocycles. The molecule has 94 valence electrons. The molecular formula is C12H8Cl2F2N2. The third kappa shape index (κ3) is 2.66. The largest absolute Gasteiger partial charge is 0.399 e. The van der Waals surface area contributed by atoms with E-state index in [9.17, 15) is 8.78 Å². The third-order valence-corrected chi connectivity index (χ3v) is 2.85. The van der Waals surface area contributed by atoms with Gasteiger partial charge in [-0.3, -0.25) is 0 Å². The van der Waals surface area contributed by atoms with Crippen molar-refractivity contribution in [2.75, 3.05) is 11.1 Å². The minimum Gasteiger partial charge on any atom is -0.399 e. The Morgan fingerprint density at radius 3 is 2.11 bits per heavy atom. The van der Waals surface area contributed by atoms with Gasteiger partial charge >= 0.3 is 0 Å². The van der Waals surface area contributed by atoms with E-state index >= 15 is 0 Å². The number of nitrogens with two attached hydrogens (primary N) is 1. The number of benzene rings is 2. The van der Waals surface area contributed by atoms with E-state index in [0.29, 0.717) is 27.1 Å². The molecule has 0 aliphatic rings. The number of nitrogens with one attached hydrogen (secondary N) is 1. The molecule has 0 saturated carbocycles. The standard InChI is InChI=1S/C12H8Cl2F2N2/c13-8-3-6(17)4-9(14)12(8)18-7-1-2-10(15)11(16)5-7/h1-5,18H,17H2. The lowest BCUT2D eigenvalue weighted by atomic mass is 10.2. The highest BCUT2D eigenvalue weighted by Gasteiger charge is 2.09. The maximum Gasteiger partial charge on any atom is 0.160 e. The van der Waals surface area contributed by atoms with Gasteiger partial charge in [-0.25, -0.2) is 8.78 Å². The number of rotatable bonds is 2. The van der Waals surface area contributed by atoms with Crippen molar-refractivity contribution in [3.63, 3.8) is 0 Å². The first-order valence-electron chi connectivity index (χ1n) is 4.94. The second-order valence-corrected chi connectivity index (χ2v) is 4.43. The summed E-state index contributed by atoms with van der Waals surface area (Å²) < 4.78 is 25.8. The van der Waals surface area contributed by atoms with E-state index in [2.05, 4.69) is 5.32 Å². The van der Waals surface area contributed by atoms with Crippen LogP contribution in [0.3, 0.4) is 0 Å². The molecule has 0 spiro atoms. The van der Waals surface area contributed by atoms with E-state index < -0.39 is 11.6 Å². The second-order valence-electron chi connectivity index (χ2n) is 3.61. The lowest BCUT2D eigenvalue weighted by Gasteiger charge is -2.11. The molecule has 6 heteroatoms. The first-order valence-corrected chi connectivity index (χ1v) is 5.69. The molecule has 0 atom stereocenters. The topological polar surface area (TPSA) is 38.0 Å². The average Bonchev–Trinajstić information content (AvgIpc) is 2.28. The zero-order valence-corrected chi connectivity index (χ0v) is 10.5. The summed E-state index contributed by atoms with van der Waals surface area (Å²) in [5.41, 5.74) is 6.70. The van der Waals surface area contributed by atoms with E-state index in [1.165, 1.54) is 18.2 Å². The maximum atomic E-state index is 13.0. The molecule has 2 aromatic carbocycles. The fourth-order valence-electron chi connectivity index (χ4n) is 1.43. The number of hydrogen-bond acceptors (Lipinski definition) is 2. The molecule has 0 saturated heterocycles. The smallest absolute Gasteiger partial charge is 0.160 e. The minimum atomic E-state index is -0.956. The van der Waals surface area contributed by atoms with Gasteiger partial charge in [0.1, 0.15) is 0 Å². The normalized spacial score (nSPS) is 10.4. The van der Waals surface area contributed by atoms with E-state index in [1.54, 1.807) is 0 Å². The third-order valence-electron chi connectivity index (χ3n) is 2.25. The SMILES string of the molecule is Nc1cc(Cl)c(Nc2ccc(F)c(F)c2)c(Cl)c1. The van der Waals surface area contributed by atoms with Gasteiger partial charge in [0.05, 0.1) is 15.7 Å². The van der Waals surface area contributed by atoms with Gasteiger partial charge in [0.15, 0.2) is 11.6 Å². The van der Waals surface area contributed by atoms with Crippen LogP contribution >= 0.6 is 23.2 Å². The molecule has 0 amide bonds. The number of nitrogen functional groups attached to an aromatic ring is 1. The zero-order chi connectivity index (χ0) is 13.3. The van der Waals surface area contributed by atoms with Crippen LogP contribution in [0.25, 0.3) is 0 Å². The molecule has 0 aliphatic heterocycles. The minimum absolute atomic E-state index is 0.296. The van der Waals surface area contributed by atoms with Crippen LogP contribution < -0.4 is 11.1 Å². The van der Waals surface area contributed by atoms with Crippen LogP contribution in [0.1, 0.15) is 0 Å². The maximum absolute atomic E-state index is 13.0. The van der Waals surface area contributed by atoms with Crippen LogP contribution in [-0.2, 0) is 0 Å². The summed E-state index contributed by atoms with van der Waals surface area (Å²) >= 11 is 11.9. The van der Waals surface area contributed by atoms with E-state index in [-0.39, 0.29) is 0 Å². The Labute approximate surface area is 112 Å². The Hall–Kier alpha value is -1.52. The predicted molar refractivity (Wildman–Crippen MR) is 70.5 cm³/mol. The molecule has 0 aromatic heterocycles. The average molecular weight is 289 g/mol. The molecule has 2 aromatic rings. The lowest BCUT2D eigenvalue weighted by molar-refractivity contribution is 0.509. The first kappa shape index (κ1) is 12.9. The highest BCUT2D eigenvalue weighted by Crippen LogP contribution is 2.35. The highest BCUT2D eigenvalue weighted by atomic mass is 35.5. The Morgan fingerprint density at radius 1 is 0.944 bits per heavy atom. The molecule has 2 rings (SSSR count). The van der Waals surface area contributed by atoms with Gasteiger partial charge < -0.3 is 11.1 Å². The van der Waals surface area contributed by atoms with Crippen molar-refractivity contribution in [2.45, 2.75) is 0 Å². The van der Waals surface area contributed by atoms with Crippen molar-refractivity contribution in [3.05, 3.63) is 52.0 Å². The summed E-state index contributed by atoms with van der Waals surface area (Å²) in [5, 5.41) is 3.40. The second kappa shape index (κ2) is 5.00. The Balaban J connectivity index is 2.37. The van der Waals surface area contributed by atoms with Crippen LogP contribution in [-0.4, -0.2) is 0 Å². The monoisotopic (exact) mass is 288 g/mol. The van der Waals surface area contributed by atoms with Gasteiger partial charge in [-0.05, 0) is 24.3 Å². The van der Waals surface area contributed by atoms with Gasteiger partial charge in [0, 0.05) is 17.4 Å². The molecule has 0 bridgehead atoms. The molecule has 18 heavy (non-hydrogen) atoms. The summed E-state index contributed by atoms with van der Waals surface area (Å²) in [6.45, 7) is 0. The molecule has 0 unspecified atom stereocenters. The predicted octanol–water partition coefficient (Wildman–Crippen LogP) is 4.60. The first-order chi connectivity index (χ1) is 8.47. The summed E-state index contributed by atoms with van der Waals surface area (Å²) in [6, 6.07) is 6.42. The van der Waals surface area contributed by atoms with Crippen molar-refractivity contribution < 1.29 is 8.78 Å². The lowest BCUT2D eigenvalue weighted by Crippen LogP contribution is -1.96. The van der Waals surface area contributed by atoms with E-state index in [1.807, 2.05) is 0 Å². The summed E-state index contributed by atoms with van der Waals surface area (Å²) in [6.07, 6.45) is 0. The van der Waals surface area contributed by atoms with Gasteiger partial charge in [0.2, 0.25) is 0 Å². The number of hydrogen-bond donors (Lipinski definition) is 2. The van der Waals surface area contributed by atoms with Gasteiger partial charge in [-0.2, -0.15) is 0 Å². The van der Waals surface area contributed by atoms with Gasteiger partial charge in [0.25, 0.3) is 0 Å². The summed E-state index contributed by atoms with van der Waals surface area (Å²) in [5.74, 6) is -1.88. The molecule has 3 N–H and O–H groups in total. The van der Waals surface area contributed by atoms with Crippen LogP contribution in [0.4, 0.5) is 25.8 Å². The van der Waals surface area contributed by atoms with E-state index in [0.717, 1.165) is 12.1 Å². The van der Waals surface area contributed by atoms with Crippen molar-refractivity contribution in [1.29, 1.82) is 0 Å². The van der Waals surface area contributed by atoms with Crippen LogP contribution in [0.5, 0.6) is 0 Å². The van der Waals surface area contributed by atoms with Crippen molar-refractivity contribution >= 4 is 40.3 Å². The molecule has 0 aliphatic carbocycles. The van der Waals surface area contributed by atoms with Crippen LogP contribution in [0.2, 0.25) is 10.0 Å². The molecule has 0 fully saturated rings. The van der Waals surface area contributed by atoms with Crippen molar-refractivity contribution in [1.82, 2.24) is 0 Å². The van der Waals surface area contributed by atoms with Crippen molar-refractivity contribution in [2.24, 2.45) is 0 Å². The van der Waals surface area contributed by atoms with Gasteiger partial charge in [-0.15, -0.1) is 0 Å². The summed E-state index contributed by atoms with van der Waals surface area (Å²) in [4.78, 5) is 0. The Kier molecular flexibility index (Phi) is 3.59. The zero-order valence-electron chi connectivity index (χ0n) is 8.98. The molecule has 2 nitrogen and oxygen atoms in total. The highest BCUT2D eigenvalue weighted by molar-refractivity contribution is 6.39. The number of anilines is 3. The van der Waals surface area contributed by atoms with Crippen molar-refractivity contribution in [3.8, 4) is 0 Å². The number of halogens is 4.